The molecule has 0 saturated carbocycles. The first-order valence-electron chi connectivity index (χ1n) is 6.36. The predicted octanol–water partition coefficient (Wildman–Crippen LogP) is 3.31. The monoisotopic (exact) mass is 290 g/mol. The smallest absolute Gasteiger partial charge is 0.0349 e. The van der Waals surface area contributed by atoms with Crippen LogP contribution in [0.5, 0.6) is 0 Å². The Morgan fingerprint density at radius 3 is 2.50 bits per heavy atom. The average molecular weight is 291 g/mol. The van der Waals surface area contributed by atoms with Crippen molar-refractivity contribution < 1.29 is 0 Å². The summed E-state index contributed by atoms with van der Waals surface area (Å²) in [5, 5.41) is 0. The van der Waals surface area contributed by atoms with Gasteiger partial charge in [0.25, 0.3) is 0 Å². The Morgan fingerprint density at radius 1 is 1.22 bits per heavy atom. The van der Waals surface area contributed by atoms with Crippen molar-refractivity contribution in [3.05, 3.63) is 29.3 Å². The van der Waals surface area contributed by atoms with E-state index in [1.165, 1.54) is 24.0 Å². The van der Waals surface area contributed by atoms with Gasteiger partial charge < -0.3 is 10.6 Å². The molecule has 18 heavy (non-hydrogen) atoms. The van der Waals surface area contributed by atoms with Gasteiger partial charge in [0.1, 0.15) is 0 Å². The number of nitrogen functional groups attached to an aromatic ring is 1. The fraction of sp³-hybridized carbons (Fsp3) is 0.571. The Hall–Kier alpha value is -0.440. The normalized spacial score (nSPS) is 17.6. The summed E-state index contributed by atoms with van der Waals surface area (Å²) < 4.78 is 0. The summed E-state index contributed by atoms with van der Waals surface area (Å²) in [5.74, 6) is 0. The molecular weight excluding hydrogens is 267 g/mol. The maximum Gasteiger partial charge on any atom is 0.0349 e. The molecule has 0 fully saturated rings. The molecule has 104 valence electrons. The van der Waals surface area contributed by atoms with E-state index in [0.29, 0.717) is 6.04 Å². The molecule has 1 aliphatic carbocycles. The number of fused-ring (bicyclic) bond motifs is 1. The van der Waals surface area contributed by atoms with Gasteiger partial charge in [0.15, 0.2) is 0 Å². The first-order valence-corrected chi connectivity index (χ1v) is 6.36. The van der Waals surface area contributed by atoms with Gasteiger partial charge in [-0.1, -0.05) is 26.0 Å². The molecule has 0 radical (unpaired) electrons. The van der Waals surface area contributed by atoms with Gasteiger partial charge in [0.05, 0.1) is 0 Å². The lowest BCUT2D eigenvalue weighted by Crippen LogP contribution is -2.39. The van der Waals surface area contributed by atoms with Crippen molar-refractivity contribution in [2.45, 2.75) is 39.2 Å². The van der Waals surface area contributed by atoms with Crippen LogP contribution in [0.25, 0.3) is 0 Å². The van der Waals surface area contributed by atoms with Gasteiger partial charge in [-0.05, 0) is 49.5 Å². The zero-order chi connectivity index (χ0) is 11.5. The van der Waals surface area contributed by atoms with Gasteiger partial charge in [-0.15, -0.1) is 24.8 Å². The second-order valence-electron chi connectivity index (χ2n) is 4.60. The topological polar surface area (TPSA) is 29.3 Å². The molecule has 0 spiro atoms. The van der Waals surface area contributed by atoms with Crippen LogP contribution >= 0.6 is 24.8 Å². The minimum Gasteiger partial charge on any atom is -0.398 e. The first kappa shape index (κ1) is 17.6. The third kappa shape index (κ3) is 3.53. The second kappa shape index (κ2) is 7.88. The second-order valence-corrected chi connectivity index (χ2v) is 4.60. The summed E-state index contributed by atoms with van der Waals surface area (Å²) in [5.41, 5.74) is 9.85. The van der Waals surface area contributed by atoms with Gasteiger partial charge in [-0.25, -0.2) is 0 Å². The largest absolute Gasteiger partial charge is 0.398 e. The minimum atomic E-state index is 0. The molecule has 1 aliphatic rings. The number of anilines is 1. The molecule has 0 heterocycles. The highest BCUT2D eigenvalue weighted by Crippen LogP contribution is 2.28. The maximum absolute atomic E-state index is 6.01. The van der Waals surface area contributed by atoms with Crippen molar-refractivity contribution in [1.82, 2.24) is 4.90 Å². The predicted molar refractivity (Wildman–Crippen MR) is 84.1 cm³/mol. The Morgan fingerprint density at radius 2 is 1.89 bits per heavy atom. The molecule has 0 aromatic heterocycles. The SMILES string of the molecule is CCN(CC)C1CCc2c(N)cccc2C1.Cl.Cl. The Bertz CT molecular complexity index is 365. The van der Waals surface area contributed by atoms with Crippen LogP contribution in [0.3, 0.4) is 0 Å². The summed E-state index contributed by atoms with van der Waals surface area (Å²) in [6.07, 6.45) is 3.56. The summed E-state index contributed by atoms with van der Waals surface area (Å²) in [7, 11) is 0. The molecule has 0 amide bonds. The van der Waals surface area contributed by atoms with Crippen LogP contribution in [0, 0.1) is 0 Å². The zero-order valence-corrected chi connectivity index (χ0v) is 12.8. The molecule has 2 nitrogen and oxygen atoms in total. The lowest BCUT2D eigenvalue weighted by atomic mass is 9.86. The molecule has 1 aromatic rings. The maximum atomic E-state index is 6.01. The summed E-state index contributed by atoms with van der Waals surface area (Å²) >= 11 is 0. The Labute approximate surface area is 123 Å². The van der Waals surface area contributed by atoms with Gasteiger partial charge in [-0.2, -0.15) is 0 Å². The molecule has 1 atom stereocenters. The number of hydrogen-bond acceptors (Lipinski definition) is 2. The lowest BCUT2D eigenvalue weighted by Gasteiger charge is -2.34. The van der Waals surface area contributed by atoms with Crippen LogP contribution < -0.4 is 5.73 Å². The van der Waals surface area contributed by atoms with Gasteiger partial charge in [0.2, 0.25) is 0 Å². The van der Waals surface area contributed by atoms with E-state index < -0.39 is 0 Å². The van der Waals surface area contributed by atoms with E-state index in [2.05, 4.69) is 30.9 Å². The van der Waals surface area contributed by atoms with Crippen molar-refractivity contribution in [2.24, 2.45) is 0 Å². The van der Waals surface area contributed by atoms with E-state index >= 15 is 0 Å². The van der Waals surface area contributed by atoms with Gasteiger partial charge in [0, 0.05) is 11.7 Å². The average Bonchev–Trinajstić information content (AvgIpc) is 2.31. The summed E-state index contributed by atoms with van der Waals surface area (Å²) in [4.78, 5) is 2.56. The van der Waals surface area contributed by atoms with Crippen molar-refractivity contribution in [1.29, 1.82) is 0 Å². The number of halogens is 2. The number of likely N-dealkylation sites (N-methyl/N-ethyl adjacent to an activating group) is 1. The number of benzene rings is 1. The number of nitrogens with two attached hydrogens (primary N) is 1. The molecule has 2 N–H and O–H groups in total. The van der Waals surface area contributed by atoms with E-state index in [0.717, 1.165) is 25.2 Å². The van der Waals surface area contributed by atoms with Crippen LogP contribution in [0.2, 0.25) is 0 Å². The standard InChI is InChI=1S/C14H22N2.2ClH/c1-3-16(4-2)12-8-9-13-11(10-12)6-5-7-14(13)15;;/h5-7,12H,3-4,8-10,15H2,1-2H3;2*1H. The number of nitrogens with zero attached hydrogens (tertiary/aromatic N) is 1. The molecule has 0 bridgehead atoms. The fourth-order valence-corrected chi connectivity index (χ4v) is 2.87. The Balaban J connectivity index is 0.00000144. The highest BCUT2D eigenvalue weighted by molar-refractivity contribution is 5.85. The molecule has 2 rings (SSSR count). The molecule has 1 unspecified atom stereocenters. The van der Waals surface area contributed by atoms with Crippen LogP contribution in [-0.2, 0) is 12.8 Å². The first-order chi connectivity index (χ1) is 7.76. The van der Waals surface area contributed by atoms with Gasteiger partial charge in [-0.3, -0.25) is 0 Å². The quantitative estimate of drug-likeness (QED) is 0.866. The molecule has 1 aromatic carbocycles. The van der Waals surface area contributed by atoms with Crippen LogP contribution in [0.4, 0.5) is 5.69 Å². The van der Waals surface area contributed by atoms with Crippen LogP contribution in [0.15, 0.2) is 18.2 Å². The Kier molecular flexibility index (Phi) is 7.69. The number of rotatable bonds is 3. The van der Waals surface area contributed by atoms with Crippen molar-refractivity contribution in [3.8, 4) is 0 Å². The summed E-state index contributed by atoms with van der Waals surface area (Å²) in [6.45, 7) is 6.80. The lowest BCUT2D eigenvalue weighted by molar-refractivity contribution is 0.199. The van der Waals surface area contributed by atoms with Crippen molar-refractivity contribution in [2.75, 3.05) is 18.8 Å². The molecule has 0 saturated heterocycles. The van der Waals surface area contributed by atoms with E-state index in [4.69, 9.17) is 5.73 Å². The van der Waals surface area contributed by atoms with Crippen LogP contribution in [-0.4, -0.2) is 24.0 Å². The fourth-order valence-electron chi connectivity index (χ4n) is 2.87. The highest BCUT2D eigenvalue weighted by atomic mass is 35.5. The van der Waals surface area contributed by atoms with E-state index in [-0.39, 0.29) is 24.8 Å². The minimum absolute atomic E-state index is 0. The molecule has 4 heteroatoms. The van der Waals surface area contributed by atoms with E-state index in [9.17, 15) is 0 Å². The zero-order valence-electron chi connectivity index (χ0n) is 11.2. The van der Waals surface area contributed by atoms with Crippen molar-refractivity contribution >= 4 is 30.5 Å². The molecule has 0 aliphatic heterocycles. The van der Waals surface area contributed by atoms with Crippen molar-refractivity contribution in [3.63, 3.8) is 0 Å². The third-order valence-electron chi connectivity index (χ3n) is 3.82. The van der Waals surface area contributed by atoms with Gasteiger partial charge >= 0.3 is 0 Å². The third-order valence-corrected chi connectivity index (χ3v) is 3.82. The van der Waals surface area contributed by atoms with E-state index in [1.54, 1.807) is 0 Å². The van der Waals surface area contributed by atoms with E-state index in [1.807, 2.05) is 6.07 Å². The highest BCUT2D eigenvalue weighted by Gasteiger charge is 2.23. The number of hydrogen-bond donors (Lipinski definition) is 1. The molecular formula is C14H24Cl2N2. The summed E-state index contributed by atoms with van der Waals surface area (Å²) in [6, 6.07) is 7.06. The van der Waals surface area contributed by atoms with Crippen LogP contribution in [0.1, 0.15) is 31.4 Å².